The summed E-state index contributed by atoms with van der Waals surface area (Å²) in [4.78, 5) is 14.1. The summed E-state index contributed by atoms with van der Waals surface area (Å²) in [5.41, 5.74) is 0.815. The maximum Gasteiger partial charge on any atom is 0.261 e. The Morgan fingerprint density at radius 2 is 1.61 bits per heavy atom. The van der Waals surface area contributed by atoms with Gasteiger partial charge in [0.05, 0.1) is 11.5 Å². The summed E-state index contributed by atoms with van der Waals surface area (Å²) in [7, 11) is -3.77. The van der Waals surface area contributed by atoms with Crippen LogP contribution >= 0.6 is 0 Å². The highest BCUT2D eigenvalue weighted by Gasteiger charge is 2.17. The molecule has 2 aromatic carbocycles. The van der Waals surface area contributed by atoms with Crippen molar-refractivity contribution in [3.05, 3.63) is 79.4 Å². The van der Waals surface area contributed by atoms with E-state index in [4.69, 9.17) is 4.74 Å². The topological polar surface area (TPSA) is 75.7 Å². The Hall–Kier alpha value is -3.06. The number of anilines is 1. The predicted octanol–water partition coefficient (Wildman–Crippen LogP) is 3.70. The zero-order valence-corrected chi connectivity index (χ0v) is 16.6. The number of hydrogen-bond acceptors (Lipinski definition) is 4. The molecule has 0 aliphatic rings. The van der Waals surface area contributed by atoms with E-state index in [9.17, 15) is 13.2 Å². The molecular formula is C21H24N2O4S. The van der Waals surface area contributed by atoms with E-state index in [1.165, 1.54) is 24.3 Å². The van der Waals surface area contributed by atoms with Gasteiger partial charge in [-0.1, -0.05) is 12.2 Å². The van der Waals surface area contributed by atoms with Gasteiger partial charge in [0.25, 0.3) is 15.9 Å². The molecule has 0 unspecified atom stereocenters. The van der Waals surface area contributed by atoms with E-state index in [-0.39, 0.29) is 10.8 Å². The number of hydrogen-bond donors (Lipinski definition) is 1. The van der Waals surface area contributed by atoms with Crippen LogP contribution in [0.25, 0.3) is 0 Å². The third-order valence-corrected chi connectivity index (χ3v) is 5.21. The third kappa shape index (κ3) is 5.47. The van der Waals surface area contributed by atoms with Crippen molar-refractivity contribution in [3.63, 3.8) is 0 Å². The average Bonchev–Trinajstić information content (AvgIpc) is 2.69. The van der Waals surface area contributed by atoms with E-state index < -0.39 is 10.0 Å². The molecule has 28 heavy (non-hydrogen) atoms. The van der Waals surface area contributed by atoms with Gasteiger partial charge in [-0.3, -0.25) is 9.52 Å². The molecule has 1 N–H and O–H groups in total. The summed E-state index contributed by atoms with van der Waals surface area (Å²) in [5.74, 6) is 0.445. The van der Waals surface area contributed by atoms with Gasteiger partial charge in [0.2, 0.25) is 0 Å². The first-order valence-electron chi connectivity index (χ1n) is 8.78. The summed E-state index contributed by atoms with van der Waals surface area (Å²) in [6.45, 7) is 10.4. The standard InChI is InChI=1S/C21H24N2O4S/c1-4-15-23(16-5-2)21(24)17-7-13-20(14-8-17)28(25,26)22-18-9-11-19(12-10-18)27-6-3/h4-5,7-14,22H,1-2,6,15-16H2,3H3. The highest BCUT2D eigenvalue weighted by atomic mass is 32.2. The number of carbonyl (C=O) groups excluding carboxylic acids is 1. The second kappa shape index (κ2) is 9.75. The Balaban J connectivity index is 2.15. The summed E-state index contributed by atoms with van der Waals surface area (Å²) in [6, 6.07) is 12.4. The van der Waals surface area contributed by atoms with Gasteiger partial charge < -0.3 is 9.64 Å². The molecule has 7 heteroatoms. The van der Waals surface area contributed by atoms with Gasteiger partial charge >= 0.3 is 0 Å². The second-order valence-electron chi connectivity index (χ2n) is 5.87. The average molecular weight is 401 g/mol. The van der Waals surface area contributed by atoms with Crippen molar-refractivity contribution in [3.8, 4) is 5.75 Å². The molecule has 148 valence electrons. The number of nitrogens with one attached hydrogen (secondary N) is 1. The van der Waals surface area contributed by atoms with Crippen LogP contribution in [0.15, 0.2) is 78.7 Å². The first-order valence-corrected chi connectivity index (χ1v) is 10.3. The van der Waals surface area contributed by atoms with Gasteiger partial charge in [-0.2, -0.15) is 0 Å². The number of sulfonamides is 1. The van der Waals surface area contributed by atoms with Crippen molar-refractivity contribution < 1.29 is 17.9 Å². The van der Waals surface area contributed by atoms with Gasteiger partial charge in [0.1, 0.15) is 5.75 Å². The van der Waals surface area contributed by atoms with Crippen molar-refractivity contribution in [2.45, 2.75) is 11.8 Å². The molecule has 0 aliphatic heterocycles. The normalized spacial score (nSPS) is 10.8. The summed E-state index contributed by atoms with van der Waals surface area (Å²) in [6.07, 6.45) is 3.25. The second-order valence-corrected chi connectivity index (χ2v) is 7.56. The van der Waals surface area contributed by atoms with Crippen LogP contribution in [0.2, 0.25) is 0 Å². The fourth-order valence-corrected chi connectivity index (χ4v) is 3.57. The number of benzene rings is 2. The van der Waals surface area contributed by atoms with Gasteiger partial charge in [-0.25, -0.2) is 8.42 Å². The molecule has 0 atom stereocenters. The molecule has 2 rings (SSSR count). The lowest BCUT2D eigenvalue weighted by Crippen LogP contribution is -2.31. The minimum Gasteiger partial charge on any atom is -0.494 e. The lowest BCUT2D eigenvalue weighted by Gasteiger charge is -2.19. The smallest absolute Gasteiger partial charge is 0.261 e. The van der Waals surface area contributed by atoms with Crippen LogP contribution in [0, 0.1) is 0 Å². The maximum atomic E-state index is 12.6. The van der Waals surface area contributed by atoms with Crippen molar-refractivity contribution in [2.75, 3.05) is 24.4 Å². The Bertz CT molecular complexity index is 910. The van der Waals surface area contributed by atoms with E-state index in [1.54, 1.807) is 41.3 Å². The lowest BCUT2D eigenvalue weighted by molar-refractivity contribution is 0.0790. The third-order valence-electron chi connectivity index (χ3n) is 3.82. The van der Waals surface area contributed by atoms with E-state index in [0.29, 0.717) is 36.7 Å². The quantitative estimate of drug-likeness (QED) is 0.617. The fraction of sp³-hybridized carbons (Fsp3) is 0.190. The molecule has 0 aliphatic carbocycles. The summed E-state index contributed by atoms with van der Waals surface area (Å²) in [5, 5.41) is 0. The first kappa shape index (κ1) is 21.2. The Labute approximate surface area is 166 Å². The fourth-order valence-electron chi connectivity index (χ4n) is 2.51. The number of rotatable bonds is 10. The Morgan fingerprint density at radius 3 is 2.11 bits per heavy atom. The van der Waals surface area contributed by atoms with Gasteiger partial charge in [-0.15, -0.1) is 13.2 Å². The highest BCUT2D eigenvalue weighted by molar-refractivity contribution is 7.92. The van der Waals surface area contributed by atoms with Crippen molar-refractivity contribution in [2.24, 2.45) is 0 Å². The minimum atomic E-state index is -3.77. The molecule has 0 saturated carbocycles. The molecule has 1 amide bonds. The van der Waals surface area contributed by atoms with Crippen LogP contribution < -0.4 is 9.46 Å². The van der Waals surface area contributed by atoms with Gasteiger partial charge in [-0.05, 0) is 55.5 Å². The van der Waals surface area contributed by atoms with Crippen LogP contribution in [0.1, 0.15) is 17.3 Å². The Kier molecular flexibility index (Phi) is 7.40. The van der Waals surface area contributed by atoms with Crippen LogP contribution in [0.3, 0.4) is 0 Å². The van der Waals surface area contributed by atoms with Crippen LogP contribution in [-0.4, -0.2) is 38.9 Å². The number of ether oxygens (including phenoxy) is 1. The van der Waals surface area contributed by atoms with Crippen LogP contribution in [0.4, 0.5) is 5.69 Å². The lowest BCUT2D eigenvalue weighted by atomic mass is 10.2. The number of amides is 1. The van der Waals surface area contributed by atoms with Crippen LogP contribution in [-0.2, 0) is 10.0 Å². The predicted molar refractivity (Wildman–Crippen MR) is 111 cm³/mol. The molecule has 6 nitrogen and oxygen atoms in total. The molecule has 0 fully saturated rings. The molecule has 0 radical (unpaired) electrons. The molecular weight excluding hydrogens is 376 g/mol. The van der Waals surface area contributed by atoms with E-state index in [0.717, 1.165) is 0 Å². The number of carbonyl (C=O) groups is 1. The molecule has 0 saturated heterocycles. The zero-order chi connectivity index (χ0) is 20.6. The molecule has 2 aromatic rings. The SMILES string of the molecule is C=CCN(CC=C)C(=O)c1ccc(S(=O)(=O)Nc2ccc(OCC)cc2)cc1. The van der Waals surface area contributed by atoms with Gasteiger partial charge in [0, 0.05) is 24.3 Å². The van der Waals surface area contributed by atoms with E-state index in [1.807, 2.05) is 6.92 Å². The molecule has 0 spiro atoms. The van der Waals surface area contributed by atoms with E-state index in [2.05, 4.69) is 17.9 Å². The van der Waals surface area contributed by atoms with Crippen LogP contribution in [0.5, 0.6) is 5.75 Å². The zero-order valence-electron chi connectivity index (χ0n) is 15.8. The molecule has 0 bridgehead atoms. The number of nitrogens with zero attached hydrogens (tertiary/aromatic N) is 1. The molecule has 0 aromatic heterocycles. The summed E-state index contributed by atoms with van der Waals surface area (Å²) < 4.78 is 33.0. The monoisotopic (exact) mass is 400 g/mol. The summed E-state index contributed by atoms with van der Waals surface area (Å²) >= 11 is 0. The molecule has 0 heterocycles. The van der Waals surface area contributed by atoms with Crippen molar-refractivity contribution in [1.29, 1.82) is 0 Å². The van der Waals surface area contributed by atoms with Crippen molar-refractivity contribution in [1.82, 2.24) is 4.90 Å². The Morgan fingerprint density at radius 1 is 1.04 bits per heavy atom. The van der Waals surface area contributed by atoms with Crippen molar-refractivity contribution >= 4 is 21.6 Å². The minimum absolute atomic E-state index is 0.0666. The highest BCUT2D eigenvalue weighted by Crippen LogP contribution is 2.20. The first-order chi connectivity index (χ1) is 13.4. The van der Waals surface area contributed by atoms with Gasteiger partial charge in [0.15, 0.2) is 0 Å². The largest absolute Gasteiger partial charge is 0.494 e. The van der Waals surface area contributed by atoms with E-state index >= 15 is 0 Å². The maximum absolute atomic E-state index is 12.6.